The van der Waals surface area contributed by atoms with Gasteiger partial charge in [0.15, 0.2) is 0 Å². The summed E-state index contributed by atoms with van der Waals surface area (Å²) >= 11 is 0. The summed E-state index contributed by atoms with van der Waals surface area (Å²) in [5, 5.41) is 12.4. The van der Waals surface area contributed by atoms with E-state index in [0.717, 1.165) is 18.8 Å². The number of aryl methyl sites for hydroxylation is 1. The first-order valence-corrected chi connectivity index (χ1v) is 6.35. The minimum Gasteiger partial charge on any atom is -0.481 e. The minimum atomic E-state index is -0.741. The van der Waals surface area contributed by atoms with Crippen molar-refractivity contribution in [1.29, 1.82) is 0 Å². The van der Waals surface area contributed by atoms with Crippen molar-refractivity contribution in [3.05, 3.63) is 29.8 Å². The average Bonchev–Trinajstić information content (AvgIpc) is 2.32. The van der Waals surface area contributed by atoms with Gasteiger partial charge >= 0.3 is 5.97 Å². The molecular formula is C14H20N2O2. The summed E-state index contributed by atoms with van der Waals surface area (Å²) < 4.78 is 0. The predicted octanol–water partition coefficient (Wildman–Crippen LogP) is 1.64. The molecule has 1 aromatic rings. The van der Waals surface area contributed by atoms with Crippen molar-refractivity contribution in [2.24, 2.45) is 0 Å². The molecule has 0 amide bonds. The van der Waals surface area contributed by atoms with Crippen LogP contribution in [0.2, 0.25) is 0 Å². The number of nitrogens with zero attached hydrogens (tertiary/aromatic N) is 1. The van der Waals surface area contributed by atoms with Gasteiger partial charge in [0, 0.05) is 24.8 Å². The van der Waals surface area contributed by atoms with E-state index in [4.69, 9.17) is 5.11 Å². The van der Waals surface area contributed by atoms with E-state index in [-0.39, 0.29) is 12.5 Å². The highest BCUT2D eigenvalue weighted by atomic mass is 16.4. The van der Waals surface area contributed by atoms with Crippen LogP contribution in [-0.2, 0) is 4.79 Å². The summed E-state index contributed by atoms with van der Waals surface area (Å²) in [5.41, 5.74) is 2.35. The maximum absolute atomic E-state index is 11.0. The van der Waals surface area contributed by atoms with Gasteiger partial charge in [-0.1, -0.05) is 18.2 Å². The number of carboxylic acid groups (broad SMARTS) is 1. The summed E-state index contributed by atoms with van der Waals surface area (Å²) in [7, 11) is 0. The number of carboxylic acids is 1. The third-order valence-corrected chi connectivity index (χ3v) is 3.45. The maximum Gasteiger partial charge on any atom is 0.305 e. The fourth-order valence-corrected chi connectivity index (χ4v) is 2.52. The second-order valence-corrected chi connectivity index (χ2v) is 5.00. The normalized spacial score (nSPS) is 24.0. The number of rotatable bonds is 3. The summed E-state index contributed by atoms with van der Waals surface area (Å²) in [6.07, 6.45) is 0.175. The van der Waals surface area contributed by atoms with E-state index in [1.807, 2.05) is 12.1 Å². The first-order valence-electron chi connectivity index (χ1n) is 6.35. The van der Waals surface area contributed by atoms with Crippen molar-refractivity contribution in [1.82, 2.24) is 5.32 Å². The molecule has 98 valence electrons. The van der Waals surface area contributed by atoms with Gasteiger partial charge in [-0.05, 0) is 25.5 Å². The first-order chi connectivity index (χ1) is 8.58. The van der Waals surface area contributed by atoms with Gasteiger partial charge in [-0.15, -0.1) is 0 Å². The molecule has 2 unspecified atom stereocenters. The Morgan fingerprint density at radius 1 is 1.50 bits per heavy atom. The number of nitrogens with one attached hydrogen (secondary N) is 1. The topological polar surface area (TPSA) is 52.6 Å². The largest absolute Gasteiger partial charge is 0.481 e. The van der Waals surface area contributed by atoms with Gasteiger partial charge in [0.25, 0.3) is 0 Å². The van der Waals surface area contributed by atoms with E-state index in [2.05, 4.69) is 36.2 Å². The Labute approximate surface area is 108 Å². The molecular weight excluding hydrogens is 228 g/mol. The van der Waals surface area contributed by atoms with E-state index in [1.54, 1.807) is 0 Å². The Hall–Kier alpha value is -1.55. The highest BCUT2D eigenvalue weighted by Gasteiger charge is 2.28. The van der Waals surface area contributed by atoms with E-state index in [1.165, 1.54) is 5.56 Å². The molecule has 2 rings (SSSR count). The molecule has 2 atom stereocenters. The lowest BCUT2D eigenvalue weighted by atomic mass is 10.0. The molecule has 0 bridgehead atoms. The third kappa shape index (κ3) is 2.82. The zero-order chi connectivity index (χ0) is 13.1. The lowest BCUT2D eigenvalue weighted by Gasteiger charge is -2.41. The molecule has 4 nitrogen and oxygen atoms in total. The SMILES string of the molecule is Cc1ccccc1N1CC(C)NCC1CC(=O)O. The van der Waals surface area contributed by atoms with E-state index in [9.17, 15) is 4.79 Å². The number of hydrogen-bond donors (Lipinski definition) is 2. The number of piperazine rings is 1. The van der Waals surface area contributed by atoms with Crippen LogP contribution in [0.3, 0.4) is 0 Å². The van der Waals surface area contributed by atoms with Crippen LogP contribution >= 0.6 is 0 Å². The number of benzene rings is 1. The van der Waals surface area contributed by atoms with Gasteiger partial charge in [-0.25, -0.2) is 0 Å². The Balaban J connectivity index is 2.25. The maximum atomic E-state index is 11.0. The van der Waals surface area contributed by atoms with Crippen LogP contribution < -0.4 is 10.2 Å². The molecule has 2 N–H and O–H groups in total. The lowest BCUT2D eigenvalue weighted by molar-refractivity contribution is -0.137. The highest BCUT2D eigenvalue weighted by molar-refractivity contribution is 5.69. The van der Waals surface area contributed by atoms with Crippen molar-refractivity contribution in [2.75, 3.05) is 18.0 Å². The molecule has 0 spiro atoms. The smallest absolute Gasteiger partial charge is 0.305 e. The van der Waals surface area contributed by atoms with Gasteiger partial charge in [-0.2, -0.15) is 0 Å². The number of para-hydroxylation sites is 1. The lowest BCUT2D eigenvalue weighted by Crippen LogP contribution is -2.56. The van der Waals surface area contributed by atoms with Crippen molar-refractivity contribution >= 4 is 11.7 Å². The van der Waals surface area contributed by atoms with Crippen LogP contribution in [0.5, 0.6) is 0 Å². The highest BCUT2D eigenvalue weighted by Crippen LogP contribution is 2.24. The number of anilines is 1. The van der Waals surface area contributed by atoms with Crippen LogP contribution in [0.15, 0.2) is 24.3 Å². The van der Waals surface area contributed by atoms with Crippen LogP contribution in [0.25, 0.3) is 0 Å². The second kappa shape index (κ2) is 5.40. The van der Waals surface area contributed by atoms with Gasteiger partial charge in [0.1, 0.15) is 0 Å². The molecule has 18 heavy (non-hydrogen) atoms. The molecule has 1 saturated heterocycles. The summed E-state index contributed by atoms with van der Waals surface area (Å²) in [6.45, 7) is 5.77. The van der Waals surface area contributed by atoms with Gasteiger partial charge in [-0.3, -0.25) is 4.79 Å². The third-order valence-electron chi connectivity index (χ3n) is 3.45. The molecule has 1 aromatic carbocycles. The van der Waals surface area contributed by atoms with Crippen LogP contribution in [0.4, 0.5) is 5.69 Å². The minimum absolute atomic E-state index is 0.0276. The fourth-order valence-electron chi connectivity index (χ4n) is 2.52. The molecule has 0 aromatic heterocycles. The fraction of sp³-hybridized carbons (Fsp3) is 0.500. The Morgan fingerprint density at radius 3 is 2.89 bits per heavy atom. The number of hydrogen-bond acceptors (Lipinski definition) is 3. The van der Waals surface area contributed by atoms with Gasteiger partial charge < -0.3 is 15.3 Å². The zero-order valence-corrected chi connectivity index (χ0v) is 10.9. The van der Waals surface area contributed by atoms with Crippen LogP contribution in [-0.4, -0.2) is 36.2 Å². The standard InChI is InChI=1S/C14H20N2O2/c1-10-5-3-4-6-13(10)16-9-11(2)15-8-12(16)7-14(17)18/h3-6,11-12,15H,7-9H2,1-2H3,(H,17,18). The van der Waals surface area contributed by atoms with E-state index >= 15 is 0 Å². The monoisotopic (exact) mass is 248 g/mol. The molecule has 4 heteroatoms. The summed E-state index contributed by atoms with van der Waals surface area (Å²) in [5.74, 6) is -0.741. The molecule has 0 aliphatic carbocycles. The molecule has 1 aliphatic rings. The van der Waals surface area contributed by atoms with Crippen LogP contribution in [0, 0.1) is 6.92 Å². The van der Waals surface area contributed by atoms with Crippen LogP contribution in [0.1, 0.15) is 18.9 Å². The van der Waals surface area contributed by atoms with Crippen molar-refractivity contribution in [2.45, 2.75) is 32.4 Å². The second-order valence-electron chi connectivity index (χ2n) is 5.00. The Bertz CT molecular complexity index is 434. The molecule has 0 saturated carbocycles. The van der Waals surface area contributed by atoms with Crippen molar-refractivity contribution < 1.29 is 9.90 Å². The molecule has 1 aliphatic heterocycles. The number of aliphatic carboxylic acids is 1. The van der Waals surface area contributed by atoms with E-state index in [0.29, 0.717) is 6.04 Å². The van der Waals surface area contributed by atoms with Crippen molar-refractivity contribution in [3.8, 4) is 0 Å². The summed E-state index contributed by atoms with van der Waals surface area (Å²) in [6, 6.07) is 8.57. The average molecular weight is 248 g/mol. The summed E-state index contributed by atoms with van der Waals surface area (Å²) in [4.78, 5) is 13.2. The zero-order valence-electron chi connectivity index (χ0n) is 10.9. The predicted molar refractivity (Wildman–Crippen MR) is 72.0 cm³/mol. The van der Waals surface area contributed by atoms with Gasteiger partial charge in [0.05, 0.1) is 12.5 Å². The quantitative estimate of drug-likeness (QED) is 0.854. The van der Waals surface area contributed by atoms with Crippen molar-refractivity contribution in [3.63, 3.8) is 0 Å². The Kier molecular flexibility index (Phi) is 3.87. The van der Waals surface area contributed by atoms with E-state index < -0.39 is 5.97 Å². The molecule has 1 heterocycles. The molecule has 0 radical (unpaired) electrons. The first kappa shape index (κ1) is 12.9. The Morgan fingerprint density at radius 2 is 2.22 bits per heavy atom. The van der Waals surface area contributed by atoms with Gasteiger partial charge in [0.2, 0.25) is 0 Å². The number of carbonyl (C=O) groups is 1. The molecule has 1 fully saturated rings.